The molecule has 0 radical (unpaired) electrons. The summed E-state index contributed by atoms with van der Waals surface area (Å²) >= 11 is 12.3. The third-order valence-corrected chi connectivity index (χ3v) is 4.04. The van der Waals surface area contributed by atoms with Gasteiger partial charge < -0.3 is 0 Å². The first-order chi connectivity index (χ1) is 10.4. The van der Waals surface area contributed by atoms with Crippen LogP contribution in [-0.4, -0.2) is 9.97 Å². The molecule has 5 heteroatoms. The van der Waals surface area contributed by atoms with Gasteiger partial charge in [-0.1, -0.05) is 44.0 Å². The zero-order valence-corrected chi connectivity index (χ0v) is 14.4. The molecule has 0 amide bonds. The van der Waals surface area contributed by atoms with Gasteiger partial charge in [-0.25, -0.2) is 4.39 Å². The van der Waals surface area contributed by atoms with Crippen LogP contribution in [0.3, 0.4) is 0 Å². The molecule has 0 aromatic carbocycles. The summed E-state index contributed by atoms with van der Waals surface area (Å²) in [5, 5.41) is 1.05. The Balaban J connectivity index is 2.19. The van der Waals surface area contributed by atoms with Crippen LogP contribution >= 0.6 is 23.2 Å². The quantitative estimate of drug-likeness (QED) is 0.721. The smallest absolute Gasteiger partial charge is 0.142 e. The van der Waals surface area contributed by atoms with E-state index in [9.17, 15) is 4.39 Å². The number of rotatable bonds is 5. The fourth-order valence-electron chi connectivity index (χ4n) is 2.37. The molecule has 1 atom stereocenters. The lowest BCUT2D eigenvalue weighted by atomic mass is 10.00. The maximum absolute atomic E-state index is 13.1. The molecule has 2 nitrogen and oxygen atoms in total. The van der Waals surface area contributed by atoms with E-state index in [4.69, 9.17) is 23.2 Å². The Morgan fingerprint density at radius 3 is 2.45 bits per heavy atom. The van der Waals surface area contributed by atoms with Crippen molar-refractivity contribution in [2.24, 2.45) is 5.92 Å². The Morgan fingerprint density at radius 2 is 1.82 bits per heavy atom. The molecule has 118 valence electrons. The molecule has 2 rings (SSSR count). The number of aromatic nitrogens is 2. The normalized spacial score (nSPS) is 12.7. The molecule has 0 fully saturated rings. The van der Waals surface area contributed by atoms with Gasteiger partial charge in [0.15, 0.2) is 0 Å². The van der Waals surface area contributed by atoms with Gasteiger partial charge in [0.25, 0.3) is 0 Å². The van der Waals surface area contributed by atoms with Crippen molar-refractivity contribution in [3.8, 4) is 0 Å². The zero-order chi connectivity index (χ0) is 16.3. The molecule has 0 saturated carbocycles. The highest BCUT2D eigenvalue weighted by Gasteiger charge is 2.15. The van der Waals surface area contributed by atoms with E-state index >= 15 is 0 Å². The van der Waals surface area contributed by atoms with Crippen LogP contribution in [0.2, 0.25) is 10.0 Å². The van der Waals surface area contributed by atoms with Crippen molar-refractivity contribution >= 4 is 23.2 Å². The van der Waals surface area contributed by atoms with Gasteiger partial charge in [-0.2, -0.15) is 0 Å². The fraction of sp³-hybridized carbons (Fsp3) is 0.412. The highest BCUT2D eigenvalue weighted by Crippen LogP contribution is 2.26. The Morgan fingerprint density at radius 1 is 1.09 bits per heavy atom. The SMILES string of the molecule is CC(C)Cc1nc(CC(C)c2ncc(F)cc2Cl)ccc1Cl. The summed E-state index contributed by atoms with van der Waals surface area (Å²) < 4.78 is 13.1. The lowest BCUT2D eigenvalue weighted by molar-refractivity contribution is 0.612. The minimum absolute atomic E-state index is 0.0497. The summed E-state index contributed by atoms with van der Waals surface area (Å²) in [4.78, 5) is 8.75. The van der Waals surface area contributed by atoms with E-state index in [2.05, 4.69) is 23.8 Å². The third-order valence-electron chi connectivity index (χ3n) is 3.40. The first kappa shape index (κ1) is 17.2. The predicted molar refractivity (Wildman–Crippen MR) is 89.1 cm³/mol. The van der Waals surface area contributed by atoms with Gasteiger partial charge in [-0.15, -0.1) is 0 Å². The Kier molecular flexibility index (Phi) is 5.76. The molecule has 0 N–H and O–H groups in total. The van der Waals surface area contributed by atoms with Gasteiger partial charge in [0.1, 0.15) is 5.82 Å². The van der Waals surface area contributed by atoms with Crippen LogP contribution in [0, 0.1) is 11.7 Å². The Labute approximate surface area is 140 Å². The molecule has 1 unspecified atom stereocenters. The molecular formula is C17H19Cl2FN2. The van der Waals surface area contributed by atoms with Gasteiger partial charge in [0.05, 0.1) is 27.6 Å². The number of pyridine rings is 2. The molecule has 0 aliphatic heterocycles. The minimum atomic E-state index is -0.426. The molecule has 2 aromatic rings. The van der Waals surface area contributed by atoms with E-state index < -0.39 is 5.82 Å². The van der Waals surface area contributed by atoms with Crippen LogP contribution < -0.4 is 0 Å². The fourth-order valence-corrected chi connectivity index (χ4v) is 2.89. The van der Waals surface area contributed by atoms with E-state index in [1.807, 2.05) is 19.1 Å². The van der Waals surface area contributed by atoms with Gasteiger partial charge >= 0.3 is 0 Å². The number of halogens is 3. The van der Waals surface area contributed by atoms with Gasteiger partial charge in [0.2, 0.25) is 0 Å². The zero-order valence-electron chi connectivity index (χ0n) is 12.9. The summed E-state index contributed by atoms with van der Waals surface area (Å²) in [6.45, 7) is 6.27. The highest BCUT2D eigenvalue weighted by atomic mass is 35.5. The van der Waals surface area contributed by atoms with E-state index in [-0.39, 0.29) is 5.92 Å². The van der Waals surface area contributed by atoms with Crippen molar-refractivity contribution in [1.29, 1.82) is 0 Å². The maximum atomic E-state index is 13.1. The van der Waals surface area contributed by atoms with Crippen molar-refractivity contribution < 1.29 is 4.39 Å². The maximum Gasteiger partial charge on any atom is 0.142 e. The standard InChI is InChI=1S/C17H19Cl2FN2/c1-10(2)6-16-14(18)5-4-13(22-16)7-11(3)17-15(19)8-12(20)9-21-17/h4-5,8-11H,6-7H2,1-3H3. The van der Waals surface area contributed by atoms with E-state index in [0.717, 1.165) is 17.8 Å². The average Bonchev–Trinajstić information content (AvgIpc) is 2.41. The van der Waals surface area contributed by atoms with Crippen molar-refractivity contribution in [2.45, 2.75) is 39.5 Å². The van der Waals surface area contributed by atoms with Crippen molar-refractivity contribution in [3.05, 3.63) is 57.3 Å². The molecule has 0 aliphatic carbocycles. The molecule has 0 saturated heterocycles. The van der Waals surface area contributed by atoms with Crippen LogP contribution in [-0.2, 0) is 12.8 Å². The molecule has 0 spiro atoms. The number of hydrogen-bond acceptors (Lipinski definition) is 2. The van der Waals surface area contributed by atoms with Crippen molar-refractivity contribution in [2.75, 3.05) is 0 Å². The number of nitrogens with zero attached hydrogens (tertiary/aromatic N) is 2. The first-order valence-electron chi connectivity index (χ1n) is 7.32. The molecule has 2 aromatic heterocycles. The molecule has 2 heterocycles. The van der Waals surface area contributed by atoms with Gasteiger partial charge in [0, 0.05) is 11.6 Å². The van der Waals surface area contributed by atoms with E-state index in [0.29, 0.717) is 28.1 Å². The summed E-state index contributed by atoms with van der Waals surface area (Å²) in [6.07, 6.45) is 2.72. The van der Waals surface area contributed by atoms with Gasteiger partial charge in [-0.05, 0) is 37.0 Å². The monoisotopic (exact) mass is 340 g/mol. The Bertz CT molecular complexity index is 659. The molecule has 0 bridgehead atoms. The first-order valence-corrected chi connectivity index (χ1v) is 8.07. The second kappa shape index (κ2) is 7.38. The minimum Gasteiger partial charge on any atom is -0.256 e. The average molecular weight is 341 g/mol. The summed E-state index contributed by atoms with van der Waals surface area (Å²) in [6, 6.07) is 5.09. The van der Waals surface area contributed by atoms with Crippen LogP contribution in [0.4, 0.5) is 4.39 Å². The number of hydrogen-bond donors (Lipinski definition) is 0. The summed E-state index contributed by atoms with van der Waals surface area (Å²) in [5.74, 6) is 0.115. The van der Waals surface area contributed by atoms with Gasteiger partial charge in [-0.3, -0.25) is 9.97 Å². The Hall–Kier alpha value is -1.19. The van der Waals surface area contributed by atoms with Crippen molar-refractivity contribution in [3.63, 3.8) is 0 Å². The second-order valence-electron chi connectivity index (χ2n) is 5.95. The molecular weight excluding hydrogens is 322 g/mol. The largest absolute Gasteiger partial charge is 0.256 e. The van der Waals surface area contributed by atoms with Crippen LogP contribution in [0.5, 0.6) is 0 Å². The van der Waals surface area contributed by atoms with Crippen LogP contribution in [0.15, 0.2) is 24.4 Å². The highest BCUT2D eigenvalue weighted by molar-refractivity contribution is 6.31. The van der Waals surface area contributed by atoms with Crippen molar-refractivity contribution in [1.82, 2.24) is 9.97 Å². The lowest BCUT2D eigenvalue weighted by Gasteiger charge is -2.14. The van der Waals surface area contributed by atoms with E-state index in [1.54, 1.807) is 0 Å². The lowest BCUT2D eigenvalue weighted by Crippen LogP contribution is -2.06. The second-order valence-corrected chi connectivity index (χ2v) is 6.77. The van der Waals surface area contributed by atoms with E-state index in [1.165, 1.54) is 12.3 Å². The van der Waals surface area contributed by atoms with Crippen LogP contribution in [0.1, 0.15) is 43.8 Å². The predicted octanol–water partition coefficient (Wildman–Crippen LogP) is 5.47. The van der Waals surface area contributed by atoms with Crippen LogP contribution in [0.25, 0.3) is 0 Å². The molecule has 0 aliphatic rings. The topological polar surface area (TPSA) is 25.8 Å². The molecule has 22 heavy (non-hydrogen) atoms. The third kappa shape index (κ3) is 4.40. The summed E-state index contributed by atoms with van der Waals surface area (Å²) in [5.41, 5.74) is 2.54. The summed E-state index contributed by atoms with van der Waals surface area (Å²) in [7, 11) is 0.